The van der Waals surface area contributed by atoms with Crippen molar-refractivity contribution in [1.29, 1.82) is 5.26 Å². The van der Waals surface area contributed by atoms with E-state index in [4.69, 9.17) is 5.26 Å². The predicted molar refractivity (Wildman–Crippen MR) is 106 cm³/mol. The van der Waals surface area contributed by atoms with Gasteiger partial charge in [0.25, 0.3) is 0 Å². The number of para-hydroxylation sites is 2. The number of rotatable bonds is 7. The van der Waals surface area contributed by atoms with Gasteiger partial charge in [-0.15, -0.1) is 0 Å². The Hall–Kier alpha value is -3.17. The molecule has 2 aromatic carbocycles. The molecule has 0 aliphatic carbocycles. The van der Waals surface area contributed by atoms with E-state index in [0.29, 0.717) is 11.3 Å². The molecule has 140 valence electrons. The molecule has 6 heteroatoms. The minimum Gasteiger partial charge on any atom is -0.325 e. The van der Waals surface area contributed by atoms with Crippen molar-refractivity contribution >= 4 is 23.2 Å². The molecular formula is C21H24N4O2. The number of hydrogen-bond acceptors (Lipinski definition) is 4. The van der Waals surface area contributed by atoms with Gasteiger partial charge in [0.2, 0.25) is 11.8 Å². The number of likely N-dealkylation sites (N-methyl/N-ethyl adjacent to an activating group) is 1. The van der Waals surface area contributed by atoms with Gasteiger partial charge in [-0.3, -0.25) is 14.5 Å². The molecule has 2 rings (SSSR count). The van der Waals surface area contributed by atoms with E-state index < -0.39 is 6.04 Å². The molecule has 0 unspecified atom stereocenters. The second kappa shape index (κ2) is 9.51. The highest BCUT2D eigenvalue weighted by molar-refractivity contribution is 5.97. The largest absolute Gasteiger partial charge is 0.325 e. The second-order valence-electron chi connectivity index (χ2n) is 6.30. The number of amides is 2. The summed E-state index contributed by atoms with van der Waals surface area (Å²) in [5.41, 5.74) is 2.71. The first-order valence-corrected chi connectivity index (χ1v) is 8.84. The molecule has 27 heavy (non-hydrogen) atoms. The van der Waals surface area contributed by atoms with Gasteiger partial charge in [-0.25, -0.2) is 0 Å². The van der Waals surface area contributed by atoms with Gasteiger partial charge in [-0.05, 0) is 44.2 Å². The van der Waals surface area contributed by atoms with Crippen LogP contribution in [0, 0.1) is 11.3 Å². The minimum atomic E-state index is -0.538. The van der Waals surface area contributed by atoms with Gasteiger partial charge in [0.05, 0.1) is 23.8 Å². The summed E-state index contributed by atoms with van der Waals surface area (Å²) in [4.78, 5) is 26.5. The van der Waals surface area contributed by atoms with Crippen LogP contribution < -0.4 is 10.6 Å². The molecule has 2 aromatic rings. The second-order valence-corrected chi connectivity index (χ2v) is 6.30. The Kier molecular flexibility index (Phi) is 7.09. The minimum absolute atomic E-state index is 0.0759. The number of nitriles is 1. The fraction of sp³-hybridized carbons (Fsp3) is 0.286. The highest BCUT2D eigenvalue weighted by Gasteiger charge is 2.21. The van der Waals surface area contributed by atoms with Crippen molar-refractivity contribution in [2.45, 2.75) is 26.3 Å². The lowest BCUT2D eigenvalue weighted by molar-refractivity contribution is -0.122. The lowest BCUT2D eigenvalue weighted by Crippen LogP contribution is -2.43. The Labute approximate surface area is 159 Å². The van der Waals surface area contributed by atoms with Gasteiger partial charge < -0.3 is 10.6 Å². The van der Waals surface area contributed by atoms with Gasteiger partial charge in [-0.2, -0.15) is 5.26 Å². The van der Waals surface area contributed by atoms with Crippen LogP contribution in [0.2, 0.25) is 0 Å². The highest BCUT2D eigenvalue weighted by atomic mass is 16.2. The van der Waals surface area contributed by atoms with Crippen LogP contribution in [-0.2, 0) is 16.0 Å². The van der Waals surface area contributed by atoms with Crippen LogP contribution in [0.1, 0.15) is 25.0 Å². The molecule has 2 amide bonds. The predicted octanol–water partition coefficient (Wildman–Crippen LogP) is 3.02. The van der Waals surface area contributed by atoms with Crippen molar-refractivity contribution in [2.24, 2.45) is 0 Å². The average Bonchev–Trinajstić information content (AvgIpc) is 2.68. The summed E-state index contributed by atoms with van der Waals surface area (Å²) in [6, 6.07) is 16.0. The van der Waals surface area contributed by atoms with E-state index >= 15 is 0 Å². The first kappa shape index (κ1) is 20.1. The van der Waals surface area contributed by atoms with Gasteiger partial charge in [0.1, 0.15) is 6.07 Å². The summed E-state index contributed by atoms with van der Waals surface area (Å²) in [7, 11) is 1.71. The van der Waals surface area contributed by atoms with Gasteiger partial charge in [0.15, 0.2) is 0 Å². The molecule has 0 radical (unpaired) electrons. The Balaban J connectivity index is 1.96. The summed E-state index contributed by atoms with van der Waals surface area (Å²) in [5.74, 6) is -0.461. The number of aryl methyl sites for hydroxylation is 1. The normalized spacial score (nSPS) is 11.5. The first-order valence-electron chi connectivity index (χ1n) is 8.84. The zero-order valence-corrected chi connectivity index (χ0v) is 15.8. The Bertz CT molecular complexity index is 857. The lowest BCUT2D eigenvalue weighted by Gasteiger charge is -2.23. The topological polar surface area (TPSA) is 85.2 Å². The molecule has 0 heterocycles. The van der Waals surface area contributed by atoms with E-state index in [1.165, 1.54) is 0 Å². The number of anilines is 2. The molecule has 1 atom stereocenters. The molecule has 0 aromatic heterocycles. The van der Waals surface area contributed by atoms with Crippen LogP contribution in [0.25, 0.3) is 0 Å². The fourth-order valence-electron chi connectivity index (χ4n) is 2.63. The molecule has 0 aliphatic heterocycles. The lowest BCUT2D eigenvalue weighted by atomic mass is 10.1. The van der Waals surface area contributed by atoms with E-state index in [1.807, 2.05) is 37.3 Å². The number of hydrogen-bond donors (Lipinski definition) is 2. The van der Waals surface area contributed by atoms with Crippen molar-refractivity contribution < 1.29 is 9.59 Å². The molecule has 0 saturated heterocycles. The average molecular weight is 364 g/mol. The highest BCUT2D eigenvalue weighted by Crippen LogP contribution is 2.16. The summed E-state index contributed by atoms with van der Waals surface area (Å²) in [6.07, 6.45) is 0.823. The van der Waals surface area contributed by atoms with Crippen LogP contribution in [-0.4, -0.2) is 36.3 Å². The van der Waals surface area contributed by atoms with E-state index in [0.717, 1.165) is 17.7 Å². The van der Waals surface area contributed by atoms with Gasteiger partial charge in [-0.1, -0.05) is 37.3 Å². The number of carbonyl (C=O) groups excluding carboxylic acids is 2. The maximum atomic E-state index is 12.5. The Morgan fingerprint density at radius 3 is 2.37 bits per heavy atom. The Morgan fingerprint density at radius 1 is 1.07 bits per heavy atom. The first-order chi connectivity index (χ1) is 13.0. The van der Waals surface area contributed by atoms with Crippen molar-refractivity contribution in [1.82, 2.24) is 4.90 Å². The number of nitrogens with one attached hydrogen (secondary N) is 2. The SMILES string of the molecule is CCc1ccccc1NC(=O)CN(C)[C@H](C)C(=O)Nc1ccccc1C#N. The summed E-state index contributed by atoms with van der Waals surface area (Å²) in [5, 5.41) is 14.8. The van der Waals surface area contributed by atoms with Crippen LogP contribution in [0.4, 0.5) is 11.4 Å². The van der Waals surface area contributed by atoms with Gasteiger partial charge in [0, 0.05) is 5.69 Å². The van der Waals surface area contributed by atoms with Crippen molar-refractivity contribution in [3.8, 4) is 6.07 Å². The third kappa shape index (κ3) is 5.40. The van der Waals surface area contributed by atoms with Crippen LogP contribution in [0.5, 0.6) is 0 Å². The molecule has 0 spiro atoms. The Morgan fingerprint density at radius 2 is 1.70 bits per heavy atom. The van der Waals surface area contributed by atoms with Crippen molar-refractivity contribution in [3.05, 3.63) is 59.7 Å². The molecular weight excluding hydrogens is 340 g/mol. The summed E-state index contributed by atoms with van der Waals surface area (Å²) < 4.78 is 0. The maximum Gasteiger partial charge on any atom is 0.241 e. The standard InChI is InChI=1S/C21H24N4O2/c1-4-16-9-5-7-11-18(16)23-20(26)14-25(3)15(2)21(27)24-19-12-8-6-10-17(19)13-22/h5-12,15H,4,14H2,1-3H3,(H,23,26)(H,24,27)/t15-/m1/s1. The summed E-state index contributed by atoms with van der Waals surface area (Å²) >= 11 is 0. The number of benzene rings is 2. The van der Waals surface area contributed by atoms with E-state index in [-0.39, 0.29) is 18.4 Å². The zero-order chi connectivity index (χ0) is 19.8. The fourth-order valence-corrected chi connectivity index (χ4v) is 2.63. The van der Waals surface area contributed by atoms with E-state index in [1.54, 1.807) is 43.1 Å². The number of nitrogens with zero attached hydrogens (tertiary/aromatic N) is 2. The van der Waals surface area contributed by atoms with E-state index in [9.17, 15) is 9.59 Å². The molecule has 6 nitrogen and oxygen atoms in total. The molecule has 0 fully saturated rings. The van der Waals surface area contributed by atoms with Crippen molar-refractivity contribution in [2.75, 3.05) is 24.2 Å². The number of carbonyl (C=O) groups is 2. The van der Waals surface area contributed by atoms with Crippen molar-refractivity contribution in [3.63, 3.8) is 0 Å². The third-order valence-electron chi connectivity index (χ3n) is 4.41. The quantitative estimate of drug-likeness (QED) is 0.791. The van der Waals surface area contributed by atoms with Gasteiger partial charge >= 0.3 is 0 Å². The third-order valence-corrected chi connectivity index (χ3v) is 4.41. The van der Waals surface area contributed by atoms with Crippen LogP contribution in [0.3, 0.4) is 0 Å². The molecule has 0 saturated carbocycles. The molecule has 0 bridgehead atoms. The molecule has 2 N–H and O–H groups in total. The molecule has 0 aliphatic rings. The smallest absolute Gasteiger partial charge is 0.241 e. The zero-order valence-electron chi connectivity index (χ0n) is 15.8. The maximum absolute atomic E-state index is 12.5. The van der Waals surface area contributed by atoms with Crippen LogP contribution >= 0.6 is 0 Å². The monoisotopic (exact) mass is 364 g/mol. The summed E-state index contributed by atoms with van der Waals surface area (Å²) in [6.45, 7) is 3.83. The van der Waals surface area contributed by atoms with Crippen LogP contribution in [0.15, 0.2) is 48.5 Å². The van der Waals surface area contributed by atoms with E-state index in [2.05, 4.69) is 10.6 Å².